The molecule has 1 atom stereocenters. The molecule has 1 aliphatic carbocycles. The van der Waals surface area contributed by atoms with E-state index in [0.29, 0.717) is 17.9 Å². The summed E-state index contributed by atoms with van der Waals surface area (Å²) in [4.78, 5) is 15.2. The molecule has 2 fully saturated rings. The Labute approximate surface area is 146 Å². The molecule has 24 heavy (non-hydrogen) atoms. The van der Waals surface area contributed by atoms with E-state index in [9.17, 15) is 4.79 Å². The molecular formula is C18H24N4OS. The summed E-state index contributed by atoms with van der Waals surface area (Å²) in [5, 5.41) is 11.9. The lowest BCUT2D eigenvalue weighted by Gasteiger charge is -2.29. The highest BCUT2D eigenvalue weighted by Crippen LogP contribution is 2.56. The molecule has 0 bridgehead atoms. The minimum Gasteiger partial charge on any atom is -0.334 e. The molecule has 1 N–H and O–H groups in total. The van der Waals surface area contributed by atoms with E-state index in [4.69, 9.17) is 0 Å². The second-order valence-corrected chi connectivity index (χ2v) is 7.96. The Kier molecular flexibility index (Phi) is 4.18. The topological polar surface area (TPSA) is 50.2 Å². The van der Waals surface area contributed by atoms with Gasteiger partial charge in [-0.1, -0.05) is 0 Å². The molecule has 2 aromatic rings. The average molecular weight is 344 g/mol. The Morgan fingerprint density at radius 2 is 2.29 bits per heavy atom. The number of thiophene rings is 1. The molecule has 6 heteroatoms. The van der Waals surface area contributed by atoms with Gasteiger partial charge in [-0.15, -0.1) is 0 Å². The van der Waals surface area contributed by atoms with Gasteiger partial charge in [0, 0.05) is 25.8 Å². The molecule has 0 aromatic carbocycles. The summed E-state index contributed by atoms with van der Waals surface area (Å²) < 4.78 is 1.76. The van der Waals surface area contributed by atoms with E-state index in [1.54, 1.807) is 22.2 Å². The van der Waals surface area contributed by atoms with Gasteiger partial charge in [-0.05, 0) is 65.7 Å². The number of nitrogens with one attached hydrogen (secondary N) is 1. The minimum atomic E-state index is 0.231. The molecule has 2 aromatic heterocycles. The fraction of sp³-hybridized carbons (Fsp3) is 0.556. The maximum Gasteiger partial charge on any atom is 0.227 e. The van der Waals surface area contributed by atoms with E-state index in [1.165, 1.54) is 18.4 Å². The number of nitrogens with zero attached hydrogens (tertiary/aromatic N) is 3. The summed E-state index contributed by atoms with van der Waals surface area (Å²) >= 11 is 1.70. The molecule has 3 heterocycles. The minimum absolute atomic E-state index is 0.231. The van der Waals surface area contributed by atoms with Gasteiger partial charge in [0.2, 0.25) is 5.91 Å². The smallest absolute Gasteiger partial charge is 0.227 e. The molecule has 1 saturated carbocycles. The zero-order chi connectivity index (χ0) is 16.6. The quantitative estimate of drug-likeness (QED) is 0.905. The van der Waals surface area contributed by atoms with Crippen molar-refractivity contribution in [1.29, 1.82) is 0 Å². The van der Waals surface area contributed by atoms with Crippen molar-refractivity contribution in [3.63, 3.8) is 0 Å². The van der Waals surface area contributed by atoms with Crippen LogP contribution in [-0.4, -0.2) is 39.7 Å². The predicted molar refractivity (Wildman–Crippen MR) is 94.7 cm³/mol. The Bertz CT molecular complexity index is 702. The second-order valence-electron chi connectivity index (χ2n) is 7.18. The van der Waals surface area contributed by atoms with Crippen LogP contribution < -0.4 is 5.32 Å². The monoisotopic (exact) mass is 344 g/mol. The first-order chi connectivity index (χ1) is 11.7. The number of amides is 1. The number of rotatable bonds is 5. The van der Waals surface area contributed by atoms with E-state index in [0.717, 1.165) is 31.6 Å². The highest BCUT2D eigenvalue weighted by Gasteiger charge is 2.57. The van der Waals surface area contributed by atoms with Gasteiger partial charge in [0.15, 0.2) is 0 Å². The van der Waals surface area contributed by atoms with Crippen LogP contribution in [0.15, 0.2) is 29.2 Å². The maximum absolute atomic E-state index is 13.0. The van der Waals surface area contributed by atoms with Gasteiger partial charge in [-0.3, -0.25) is 9.48 Å². The molecule has 2 aliphatic rings. The summed E-state index contributed by atoms with van der Waals surface area (Å²) in [6, 6.07) is 2.54. The van der Waals surface area contributed by atoms with Gasteiger partial charge < -0.3 is 10.2 Å². The first-order valence-corrected chi connectivity index (χ1v) is 9.59. The molecule has 1 saturated heterocycles. The Hall–Kier alpha value is -1.66. The number of carbonyl (C=O) groups is 1. The number of aromatic nitrogens is 2. The van der Waals surface area contributed by atoms with Crippen molar-refractivity contribution < 1.29 is 4.79 Å². The zero-order valence-corrected chi connectivity index (χ0v) is 14.9. The average Bonchev–Trinajstić information content (AvgIpc) is 2.96. The van der Waals surface area contributed by atoms with E-state index in [2.05, 4.69) is 32.1 Å². The summed E-state index contributed by atoms with van der Waals surface area (Å²) in [5.74, 6) is 0.231. The molecule has 4 rings (SSSR count). The van der Waals surface area contributed by atoms with Crippen LogP contribution in [0.2, 0.25) is 0 Å². The fourth-order valence-corrected chi connectivity index (χ4v) is 4.68. The highest BCUT2D eigenvalue weighted by molar-refractivity contribution is 7.07. The van der Waals surface area contributed by atoms with Crippen molar-refractivity contribution in [3.05, 3.63) is 40.3 Å². The van der Waals surface area contributed by atoms with Crippen LogP contribution in [0.5, 0.6) is 0 Å². The van der Waals surface area contributed by atoms with E-state index < -0.39 is 0 Å². The van der Waals surface area contributed by atoms with Crippen LogP contribution in [0.25, 0.3) is 0 Å². The third kappa shape index (κ3) is 3.13. The molecule has 1 spiro atoms. The lowest BCUT2D eigenvalue weighted by molar-refractivity contribution is -0.132. The summed E-state index contributed by atoms with van der Waals surface area (Å²) in [6.45, 7) is 2.90. The first-order valence-electron chi connectivity index (χ1n) is 8.65. The Morgan fingerprint density at radius 1 is 1.46 bits per heavy atom. The van der Waals surface area contributed by atoms with Gasteiger partial charge in [-0.25, -0.2) is 0 Å². The maximum atomic E-state index is 13.0. The van der Waals surface area contributed by atoms with Crippen molar-refractivity contribution in [2.75, 3.05) is 13.1 Å². The van der Waals surface area contributed by atoms with Crippen molar-refractivity contribution in [2.45, 2.75) is 38.3 Å². The summed E-state index contributed by atoms with van der Waals surface area (Å²) in [6.07, 6.45) is 7.73. The van der Waals surface area contributed by atoms with Crippen LogP contribution in [0.3, 0.4) is 0 Å². The van der Waals surface area contributed by atoms with E-state index in [1.807, 2.05) is 13.2 Å². The van der Waals surface area contributed by atoms with Crippen LogP contribution in [0, 0.1) is 5.41 Å². The number of aryl methyl sites for hydroxylation is 1. The van der Waals surface area contributed by atoms with Crippen molar-refractivity contribution in [2.24, 2.45) is 12.5 Å². The molecule has 5 nitrogen and oxygen atoms in total. The molecule has 1 amide bonds. The molecule has 128 valence electrons. The molecule has 0 unspecified atom stereocenters. The molecule has 1 aliphatic heterocycles. The summed E-state index contributed by atoms with van der Waals surface area (Å²) in [7, 11) is 1.89. The number of carbonyl (C=O) groups excluding carboxylic acids is 1. The zero-order valence-electron chi connectivity index (χ0n) is 14.1. The Balaban J connectivity index is 1.51. The van der Waals surface area contributed by atoms with Gasteiger partial charge in [-0.2, -0.15) is 16.4 Å². The predicted octanol–water partition coefficient (Wildman–Crippen LogP) is 2.20. The third-order valence-corrected chi connectivity index (χ3v) is 6.22. The van der Waals surface area contributed by atoms with Crippen molar-refractivity contribution in [1.82, 2.24) is 20.0 Å². The van der Waals surface area contributed by atoms with Gasteiger partial charge in [0.25, 0.3) is 0 Å². The molecular weight excluding hydrogens is 320 g/mol. The van der Waals surface area contributed by atoms with Crippen molar-refractivity contribution >= 4 is 17.2 Å². The van der Waals surface area contributed by atoms with Gasteiger partial charge in [0.05, 0.1) is 12.6 Å². The number of piperidine rings is 1. The second kappa shape index (κ2) is 6.33. The highest BCUT2D eigenvalue weighted by atomic mass is 32.1. The number of hydrogen-bond donors (Lipinski definition) is 1. The van der Waals surface area contributed by atoms with Crippen LogP contribution >= 0.6 is 11.3 Å². The first kappa shape index (κ1) is 15.8. The SMILES string of the molecule is Cn1cc(CC(=O)N(Cc2ccsc2)[C@H]2CC23CCNCC3)cn1. The van der Waals surface area contributed by atoms with Crippen LogP contribution in [-0.2, 0) is 24.8 Å². The van der Waals surface area contributed by atoms with Crippen molar-refractivity contribution in [3.8, 4) is 0 Å². The van der Waals surface area contributed by atoms with Gasteiger partial charge >= 0.3 is 0 Å². The van der Waals surface area contributed by atoms with E-state index in [-0.39, 0.29) is 5.91 Å². The van der Waals surface area contributed by atoms with Crippen LogP contribution in [0.1, 0.15) is 30.4 Å². The fourth-order valence-electron chi connectivity index (χ4n) is 4.02. The lowest BCUT2D eigenvalue weighted by atomic mass is 9.93. The van der Waals surface area contributed by atoms with Gasteiger partial charge in [0.1, 0.15) is 0 Å². The third-order valence-electron chi connectivity index (χ3n) is 5.49. The molecule has 0 radical (unpaired) electrons. The Morgan fingerprint density at radius 3 is 2.96 bits per heavy atom. The normalized spacial score (nSPS) is 21.8. The number of hydrogen-bond acceptors (Lipinski definition) is 4. The van der Waals surface area contributed by atoms with Crippen LogP contribution in [0.4, 0.5) is 0 Å². The summed E-state index contributed by atoms with van der Waals surface area (Å²) in [5.41, 5.74) is 2.61. The largest absolute Gasteiger partial charge is 0.334 e. The van der Waals surface area contributed by atoms with E-state index >= 15 is 0 Å². The standard InChI is InChI=1S/C18H24N4OS/c1-21-11-15(10-20-21)8-17(23)22(12-14-2-7-24-13-14)16-9-18(16)3-5-19-6-4-18/h2,7,10-11,13,16,19H,3-6,8-9,12H2,1H3/t16-/m0/s1. The lowest BCUT2D eigenvalue weighted by Crippen LogP contribution is -2.39.